The minimum atomic E-state index is 0. The van der Waals surface area contributed by atoms with Crippen molar-refractivity contribution in [1.82, 2.24) is 20.4 Å². The highest BCUT2D eigenvalue weighted by molar-refractivity contribution is 14.0. The first-order valence-corrected chi connectivity index (χ1v) is 11.7. The summed E-state index contributed by atoms with van der Waals surface area (Å²) < 4.78 is 0. The zero-order chi connectivity index (χ0) is 21.2. The highest BCUT2D eigenvalue weighted by Crippen LogP contribution is 2.19. The number of guanidine groups is 1. The van der Waals surface area contributed by atoms with Gasteiger partial charge in [0.1, 0.15) is 0 Å². The molecule has 0 spiro atoms. The summed E-state index contributed by atoms with van der Waals surface area (Å²) in [6.07, 6.45) is 5.13. The van der Waals surface area contributed by atoms with Gasteiger partial charge in [-0.1, -0.05) is 29.8 Å². The molecule has 31 heavy (non-hydrogen) atoms. The average molecular weight is 542 g/mol. The molecule has 0 saturated carbocycles. The molecular weight excluding hydrogens is 501 g/mol. The molecule has 7 heteroatoms. The molecule has 0 aromatic heterocycles. The second-order valence-electron chi connectivity index (χ2n) is 8.69. The maximum atomic E-state index is 11.7. The van der Waals surface area contributed by atoms with E-state index in [1.165, 1.54) is 24.0 Å². The number of carbonyl (C=O) groups is 1. The van der Waals surface area contributed by atoms with Gasteiger partial charge in [-0.05, 0) is 64.1 Å². The van der Waals surface area contributed by atoms with Gasteiger partial charge in [-0.15, -0.1) is 24.0 Å². The van der Waals surface area contributed by atoms with Crippen LogP contribution in [-0.2, 0) is 11.3 Å². The number of hydrogen-bond acceptors (Lipinski definition) is 3. The lowest BCUT2D eigenvalue weighted by Crippen LogP contribution is -2.40. The van der Waals surface area contributed by atoms with Gasteiger partial charge in [-0.25, -0.2) is 0 Å². The van der Waals surface area contributed by atoms with E-state index >= 15 is 0 Å². The zero-order valence-electron chi connectivity index (χ0n) is 19.2. The minimum absolute atomic E-state index is 0. The normalized spacial score (nSPS) is 18.2. The number of aryl methyl sites for hydroxylation is 1. The number of likely N-dealkylation sites (tertiary alicyclic amines) is 2. The summed E-state index contributed by atoms with van der Waals surface area (Å²) in [6, 6.07) is 8.91. The monoisotopic (exact) mass is 541 g/mol. The van der Waals surface area contributed by atoms with Crippen LogP contribution in [-0.4, -0.2) is 67.5 Å². The maximum absolute atomic E-state index is 11.7. The molecule has 0 atom stereocenters. The molecule has 2 fully saturated rings. The summed E-state index contributed by atoms with van der Waals surface area (Å²) in [6.45, 7) is 12.0. The maximum Gasteiger partial charge on any atom is 0.222 e. The Morgan fingerprint density at radius 2 is 1.87 bits per heavy atom. The lowest BCUT2D eigenvalue weighted by Gasteiger charge is -2.31. The van der Waals surface area contributed by atoms with Crippen molar-refractivity contribution in [2.24, 2.45) is 10.9 Å². The topological polar surface area (TPSA) is 60.0 Å². The molecule has 6 nitrogen and oxygen atoms in total. The molecule has 0 bridgehead atoms. The lowest BCUT2D eigenvalue weighted by atomic mass is 9.96. The molecule has 0 unspecified atom stereocenters. The second-order valence-corrected chi connectivity index (χ2v) is 8.69. The van der Waals surface area contributed by atoms with E-state index in [0.717, 1.165) is 77.6 Å². The number of halogens is 1. The fraction of sp³-hybridized carbons (Fsp3) is 0.667. The van der Waals surface area contributed by atoms with Crippen LogP contribution in [0.4, 0.5) is 0 Å². The molecule has 2 aliphatic heterocycles. The third-order valence-corrected chi connectivity index (χ3v) is 6.15. The number of nitrogens with one attached hydrogen (secondary N) is 2. The number of rotatable bonds is 9. The first-order chi connectivity index (χ1) is 14.6. The minimum Gasteiger partial charge on any atom is -0.357 e. The zero-order valence-corrected chi connectivity index (χ0v) is 21.6. The van der Waals surface area contributed by atoms with Crippen molar-refractivity contribution in [3.05, 3.63) is 35.4 Å². The smallest absolute Gasteiger partial charge is 0.222 e. The van der Waals surface area contributed by atoms with Crippen molar-refractivity contribution in [2.45, 2.75) is 52.5 Å². The van der Waals surface area contributed by atoms with E-state index < -0.39 is 0 Å². The summed E-state index contributed by atoms with van der Waals surface area (Å²) in [5.74, 6) is 1.88. The summed E-state index contributed by atoms with van der Waals surface area (Å²) in [5, 5.41) is 6.79. The average Bonchev–Trinajstić information content (AvgIpc) is 3.16. The van der Waals surface area contributed by atoms with Gasteiger partial charge >= 0.3 is 0 Å². The van der Waals surface area contributed by atoms with Crippen molar-refractivity contribution >= 4 is 35.8 Å². The van der Waals surface area contributed by atoms with Gasteiger partial charge in [0, 0.05) is 45.7 Å². The summed E-state index contributed by atoms with van der Waals surface area (Å²) >= 11 is 0. The van der Waals surface area contributed by atoms with Crippen molar-refractivity contribution < 1.29 is 4.79 Å². The van der Waals surface area contributed by atoms with E-state index in [2.05, 4.69) is 53.6 Å². The Morgan fingerprint density at radius 3 is 2.52 bits per heavy atom. The van der Waals surface area contributed by atoms with Crippen LogP contribution >= 0.6 is 24.0 Å². The molecule has 1 amide bonds. The number of amides is 1. The first-order valence-electron chi connectivity index (χ1n) is 11.7. The molecule has 2 heterocycles. The van der Waals surface area contributed by atoms with Crippen molar-refractivity contribution in [3.8, 4) is 0 Å². The van der Waals surface area contributed by atoms with Gasteiger partial charge in [0.2, 0.25) is 5.91 Å². The molecule has 0 aliphatic carbocycles. The number of nitrogens with zero attached hydrogens (tertiary/aromatic N) is 3. The molecule has 0 radical (unpaired) electrons. The predicted molar refractivity (Wildman–Crippen MR) is 139 cm³/mol. The number of carbonyl (C=O) groups excluding carboxylic acids is 1. The molecular formula is C24H40IN5O. The van der Waals surface area contributed by atoms with Crippen LogP contribution in [0.3, 0.4) is 0 Å². The largest absolute Gasteiger partial charge is 0.357 e. The van der Waals surface area contributed by atoms with Crippen molar-refractivity contribution in [2.75, 3.05) is 45.8 Å². The molecule has 174 valence electrons. The summed E-state index contributed by atoms with van der Waals surface area (Å²) in [4.78, 5) is 21.1. The van der Waals surface area contributed by atoms with Crippen LogP contribution in [0, 0.1) is 12.8 Å². The summed E-state index contributed by atoms with van der Waals surface area (Å²) in [5.41, 5.74) is 2.73. The number of hydrogen-bond donors (Lipinski definition) is 2. The fourth-order valence-corrected chi connectivity index (χ4v) is 4.26. The van der Waals surface area contributed by atoms with E-state index in [1.54, 1.807) is 0 Å². The number of aliphatic imine (C=N–C) groups is 1. The first kappa shape index (κ1) is 25.9. The van der Waals surface area contributed by atoms with Crippen LogP contribution in [0.1, 0.15) is 50.2 Å². The quantitative estimate of drug-likeness (QED) is 0.218. The second kappa shape index (κ2) is 13.9. The van der Waals surface area contributed by atoms with E-state index in [-0.39, 0.29) is 24.0 Å². The third-order valence-electron chi connectivity index (χ3n) is 6.15. The van der Waals surface area contributed by atoms with Gasteiger partial charge in [0.05, 0.1) is 0 Å². The van der Waals surface area contributed by atoms with Crippen molar-refractivity contribution in [3.63, 3.8) is 0 Å². The van der Waals surface area contributed by atoms with E-state index in [4.69, 9.17) is 4.99 Å². The van der Waals surface area contributed by atoms with Crippen LogP contribution in [0.25, 0.3) is 0 Å². The van der Waals surface area contributed by atoms with Gasteiger partial charge < -0.3 is 15.5 Å². The van der Waals surface area contributed by atoms with E-state index in [9.17, 15) is 4.79 Å². The lowest BCUT2D eigenvalue weighted by molar-refractivity contribution is -0.127. The van der Waals surface area contributed by atoms with Gasteiger partial charge in [0.15, 0.2) is 5.96 Å². The molecule has 1 aromatic rings. The fourth-order valence-electron chi connectivity index (χ4n) is 4.26. The Hall–Kier alpha value is -1.35. The Balaban J connectivity index is 0.00000341. The Kier molecular flexibility index (Phi) is 11.6. The molecule has 2 aliphatic rings. The van der Waals surface area contributed by atoms with Crippen LogP contribution in [0.15, 0.2) is 29.3 Å². The molecule has 1 aromatic carbocycles. The third kappa shape index (κ3) is 8.96. The number of benzene rings is 1. The molecule has 3 rings (SSSR count). The van der Waals surface area contributed by atoms with Gasteiger partial charge in [-0.2, -0.15) is 0 Å². The molecule has 2 saturated heterocycles. The highest BCUT2D eigenvalue weighted by atomic mass is 127. The van der Waals surface area contributed by atoms with Gasteiger partial charge in [0.25, 0.3) is 0 Å². The SMILES string of the molecule is CCNC(=NCC1CCN(Cc2ccc(C)cc2)CC1)NCCCN1CCCC1=O.I. The Morgan fingerprint density at radius 1 is 1.13 bits per heavy atom. The Labute approximate surface area is 205 Å². The van der Waals surface area contributed by atoms with E-state index in [1.807, 2.05) is 4.90 Å². The van der Waals surface area contributed by atoms with Crippen LogP contribution < -0.4 is 10.6 Å². The van der Waals surface area contributed by atoms with Gasteiger partial charge in [-0.3, -0.25) is 14.7 Å². The predicted octanol–water partition coefficient (Wildman–Crippen LogP) is 3.39. The number of piperidine rings is 1. The summed E-state index contributed by atoms with van der Waals surface area (Å²) in [7, 11) is 0. The van der Waals surface area contributed by atoms with E-state index in [0.29, 0.717) is 11.8 Å². The Bertz CT molecular complexity index is 686. The highest BCUT2D eigenvalue weighted by Gasteiger charge is 2.20. The van der Waals surface area contributed by atoms with Crippen molar-refractivity contribution in [1.29, 1.82) is 0 Å². The van der Waals surface area contributed by atoms with Crippen LogP contribution in [0.2, 0.25) is 0 Å². The standard InChI is InChI=1S/C24H39N5O.HI/c1-3-25-24(26-13-5-15-29-14-4-6-23(29)30)27-18-21-11-16-28(17-12-21)19-22-9-7-20(2)8-10-22;/h7-10,21H,3-6,11-19H2,1-2H3,(H2,25,26,27);1H. The van der Waals surface area contributed by atoms with Crippen LogP contribution in [0.5, 0.6) is 0 Å². The molecule has 2 N–H and O–H groups in total.